The number of methoxy groups -OCH3 is 1. The predicted molar refractivity (Wildman–Crippen MR) is 74.9 cm³/mol. The Balaban J connectivity index is 2.82. The maximum absolute atomic E-state index is 12.3. The molecule has 1 unspecified atom stereocenters. The average Bonchev–Trinajstić information content (AvgIpc) is 2.35. The van der Waals surface area contributed by atoms with Crippen molar-refractivity contribution in [3.05, 3.63) is 23.9 Å². The Labute approximate surface area is 113 Å². The topological polar surface area (TPSA) is 48.4 Å². The first-order valence-electron chi connectivity index (χ1n) is 5.92. The molecule has 0 bridgehead atoms. The van der Waals surface area contributed by atoms with Crippen molar-refractivity contribution in [3.8, 4) is 5.88 Å². The predicted octanol–water partition coefficient (Wildman–Crippen LogP) is 2.55. The third-order valence-electron chi connectivity index (χ3n) is 2.78. The molecule has 1 aromatic rings. The first-order valence-corrected chi connectivity index (χ1v) is 7.03. The van der Waals surface area contributed by atoms with Crippen molar-refractivity contribution in [2.24, 2.45) is 0 Å². The summed E-state index contributed by atoms with van der Waals surface area (Å²) in [4.78, 5) is 4.17. The van der Waals surface area contributed by atoms with Crippen molar-refractivity contribution in [2.75, 3.05) is 14.2 Å². The maximum Gasteiger partial charge on any atom is 0.212 e. The van der Waals surface area contributed by atoms with Gasteiger partial charge >= 0.3 is 0 Å². The van der Waals surface area contributed by atoms with E-state index in [0.717, 1.165) is 5.56 Å². The number of rotatable bonds is 4. The van der Waals surface area contributed by atoms with Crippen molar-refractivity contribution < 1.29 is 9.29 Å². The molecule has 2 atom stereocenters. The van der Waals surface area contributed by atoms with Crippen molar-refractivity contribution in [3.63, 3.8) is 0 Å². The van der Waals surface area contributed by atoms with Crippen LogP contribution in [0.25, 0.3) is 0 Å². The molecule has 0 aliphatic heterocycles. The largest absolute Gasteiger partial charge is 0.597 e. The number of hydrogen-bond donors (Lipinski definition) is 0. The monoisotopic (exact) mass is 270 g/mol. The fourth-order valence-corrected chi connectivity index (χ4v) is 2.82. The lowest BCUT2D eigenvalue weighted by atomic mass is 10.1. The molecule has 0 spiro atoms. The van der Waals surface area contributed by atoms with Crippen LogP contribution >= 0.6 is 0 Å². The van der Waals surface area contributed by atoms with E-state index in [2.05, 4.69) is 4.98 Å². The number of nitrogens with zero attached hydrogens (tertiary/aromatic N) is 2. The molecule has 1 aromatic heterocycles. The average molecular weight is 270 g/mol. The molecule has 0 N–H and O–H groups in total. The number of ether oxygens (including phenoxy) is 1. The van der Waals surface area contributed by atoms with Crippen LogP contribution in [0.3, 0.4) is 0 Å². The van der Waals surface area contributed by atoms with Gasteiger partial charge in [0.2, 0.25) is 5.88 Å². The SMILES string of the molecule is COc1ccc([C@H](C)N(C)[S+]([O-])C(C)(C)C)cn1. The zero-order chi connectivity index (χ0) is 13.9. The molecule has 0 saturated heterocycles. The summed E-state index contributed by atoms with van der Waals surface area (Å²) < 4.78 is 18.9. The molecule has 18 heavy (non-hydrogen) atoms. The Hall–Kier alpha value is -0.780. The summed E-state index contributed by atoms with van der Waals surface area (Å²) in [7, 11) is 3.46. The Morgan fingerprint density at radius 3 is 2.39 bits per heavy atom. The van der Waals surface area contributed by atoms with Gasteiger partial charge in [0.15, 0.2) is 0 Å². The van der Waals surface area contributed by atoms with Crippen LogP contribution in [0.4, 0.5) is 0 Å². The summed E-state index contributed by atoms with van der Waals surface area (Å²) in [5, 5.41) is 0. The van der Waals surface area contributed by atoms with E-state index in [4.69, 9.17) is 4.74 Å². The van der Waals surface area contributed by atoms with Gasteiger partial charge in [-0.25, -0.2) is 4.98 Å². The van der Waals surface area contributed by atoms with Gasteiger partial charge in [0.1, 0.15) is 4.75 Å². The lowest BCUT2D eigenvalue weighted by Crippen LogP contribution is -2.41. The Morgan fingerprint density at radius 1 is 1.39 bits per heavy atom. The van der Waals surface area contributed by atoms with Crippen LogP contribution in [0.15, 0.2) is 18.3 Å². The molecule has 1 rings (SSSR count). The smallest absolute Gasteiger partial charge is 0.212 e. The summed E-state index contributed by atoms with van der Waals surface area (Å²) in [5.41, 5.74) is 1.02. The van der Waals surface area contributed by atoms with Crippen LogP contribution in [-0.4, -0.2) is 32.7 Å². The third-order valence-corrected chi connectivity index (χ3v) is 4.67. The van der Waals surface area contributed by atoms with Crippen molar-refractivity contribution in [1.82, 2.24) is 9.29 Å². The van der Waals surface area contributed by atoms with Crippen LogP contribution in [0, 0.1) is 0 Å². The number of pyridine rings is 1. The van der Waals surface area contributed by atoms with Crippen LogP contribution < -0.4 is 4.74 Å². The highest BCUT2D eigenvalue weighted by Gasteiger charge is 2.33. The van der Waals surface area contributed by atoms with E-state index in [-0.39, 0.29) is 10.8 Å². The van der Waals surface area contributed by atoms with Gasteiger partial charge < -0.3 is 9.29 Å². The van der Waals surface area contributed by atoms with E-state index in [1.54, 1.807) is 13.3 Å². The molecule has 0 saturated carbocycles. The Morgan fingerprint density at radius 2 is 2.00 bits per heavy atom. The van der Waals surface area contributed by atoms with Gasteiger partial charge in [-0.2, -0.15) is 0 Å². The number of aromatic nitrogens is 1. The second kappa shape index (κ2) is 5.91. The molecule has 0 radical (unpaired) electrons. The molecule has 5 heteroatoms. The lowest BCUT2D eigenvalue weighted by molar-refractivity contribution is 0.378. The van der Waals surface area contributed by atoms with Gasteiger partial charge in [0.25, 0.3) is 0 Å². The molecular formula is C13H22N2O2S. The first-order chi connectivity index (χ1) is 8.27. The standard InChI is InChI=1S/C13H22N2O2S/c1-10(15(5)18(16)13(2,3)4)11-7-8-12(17-6)14-9-11/h7-10H,1-6H3/t10-,18?/m0/s1. The quantitative estimate of drug-likeness (QED) is 0.789. The minimum atomic E-state index is -1.05. The molecule has 0 aliphatic rings. The van der Waals surface area contributed by atoms with Gasteiger partial charge in [-0.3, -0.25) is 0 Å². The minimum Gasteiger partial charge on any atom is -0.597 e. The molecule has 0 aliphatic carbocycles. The molecule has 1 heterocycles. The van der Waals surface area contributed by atoms with Crippen LogP contribution in [0.2, 0.25) is 0 Å². The van der Waals surface area contributed by atoms with Crippen molar-refractivity contribution >= 4 is 11.4 Å². The van der Waals surface area contributed by atoms with E-state index in [9.17, 15) is 4.55 Å². The van der Waals surface area contributed by atoms with Crippen LogP contribution in [0.5, 0.6) is 5.88 Å². The van der Waals surface area contributed by atoms with Gasteiger partial charge in [0.05, 0.1) is 13.2 Å². The van der Waals surface area contributed by atoms with Crippen LogP contribution in [-0.2, 0) is 11.4 Å². The van der Waals surface area contributed by atoms with Gasteiger partial charge in [0, 0.05) is 30.7 Å². The van der Waals surface area contributed by atoms with E-state index >= 15 is 0 Å². The fraction of sp³-hybridized carbons (Fsp3) is 0.615. The highest BCUT2D eigenvalue weighted by Crippen LogP contribution is 2.28. The maximum atomic E-state index is 12.3. The van der Waals surface area contributed by atoms with Crippen molar-refractivity contribution in [1.29, 1.82) is 0 Å². The summed E-state index contributed by atoms with van der Waals surface area (Å²) in [6.45, 7) is 7.93. The third kappa shape index (κ3) is 3.60. The minimum absolute atomic E-state index is 0.0449. The second-order valence-electron chi connectivity index (χ2n) is 5.22. The molecular weight excluding hydrogens is 248 g/mol. The summed E-state index contributed by atoms with van der Waals surface area (Å²) in [6, 6.07) is 3.82. The molecule has 102 valence electrons. The van der Waals surface area contributed by atoms with Gasteiger partial charge in [-0.15, -0.1) is 4.31 Å². The normalized spacial score (nSPS) is 15.6. The van der Waals surface area contributed by atoms with Gasteiger partial charge in [-0.1, -0.05) is 6.07 Å². The molecule has 0 aromatic carbocycles. The Kier molecular flexibility index (Phi) is 5.01. The number of hydrogen-bond acceptors (Lipinski definition) is 4. The Bertz CT molecular complexity index is 376. The van der Waals surface area contributed by atoms with Crippen molar-refractivity contribution in [2.45, 2.75) is 38.5 Å². The van der Waals surface area contributed by atoms with Crippen LogP contribution in [0.1, 0.15) is 39.3 Å². The molecule has 4 nitrogen and oxygen atoms in total. The zero-order valence-electron chi connectivity index (χ0n) is 11.9. The fourth-order valence-electron chi connectivity index (χ4n) is 1.55. The van der Waals surface area contributed by atoms with E-state index in [1.165, 1.54) is 0 Å². The molecule has 0 fully saturated rings. The highest BCUT2D eigenvalue weighted by molar-refractivity contribution is 7.90. The summed E-state index contributed by atoms with van der Waals surface area (Å²) >= 11 is -1.05. The second-order valence-corrected chi connectivity index (χ2v) is 7.52. The van der Waals surface area contributed by atoms with E-state index in [0.29, 0.717) is 5.88 Å². The summed E-state index contributed by atoms with van der Waals surface area (Å²) in [5.74, 6) is 0.588. The van der Waals surface area contributed by atoms with E-state index < -0.39 is 11.4 Å². The van der Waals surface area contributed by atoms with Gasteiger partial charge in [-0.05, 0) is 33.3 Å². The highest BCUT2D eigenvalue weighted by atomic mass is 32.2. The zero-order valence-corrected chi connectivity index (χ0v) is 12.7. The lowest BCUT2D eigenvalue weighted by Gasteiger charge is -2.33. The first kappa shape index (κ1) is 15.3. The summed E-state index contributed by atoms with van der Waals surface area (Å²) in [6.07, 6.45) is 1.76. The van der Waals surface area contributed by atoms with E-state index in [1.807, 2.05) is 51.2 Å². The molecule has 0 amide bonds.